The maximum Gasteiger partial charge on any atom is 0.307 e. The van der Waals surface area contributed by atoms with Crippen LogP contribution in [-0.2, 0) is 42.7 Å². The molecule has 5 fully saturated rings. The fourth-order valence-corrected chi connectivity index (χ4v) is 46.7. The van der Waals surface area contributed by atoms with E-state index in [9.17, 15) is 0 Å². The molecule has 0 N–H and O–H groups in total. The molecule has 0 spiro atoms. The average molecular weight is 1150 g/mol. The minimum atomic E-state index is -1.37. The van der Waals surface area contributed by atoms with E-state index in [0.717, 1.165) is 33.0 Å². The van der Waals surface area contributed by atoms with Gasteiger partial charge in [-0.3, -0.25) is 0 Å². The van der Waals surface area contributed by atoms with Crippen molar-refractivity contribution in [1.82, 2.24) is 0 Å². The predicted molar refractivity (Wildman–Crippen MR) is 323 cm³/mol. The summed E-state index contributed by atoms with van der Waals surface area (Å²) in [5, 5.41) is 0. The van der Waals surface area contributed by atoms with Crippen LogP contribution in [0.5, 0.6) is 0 Å². The van der Waals surface area contributed by atoms with Gasteiger partial charge < -0.3 is 42.7 Å². The summed E-state index contributed by atoms with van der Waals surface area (Å²) in [6.45, 7) is 38.9. The Morgan fingerprint density at radius 2 is 0.464 bits per heavy atom. The van der Waals surface area contributed by atoms with E-state index in [2.05, 4.69) is 100 Å². The van der Waals surface area contributed by atoms with Crippen molar-refractivity contribution in [3.05, 3.63) is 0 Å². The molecule has 0 bridgehead atoms. The summed E-state index contributed by atoms with van der Waals surface area (Å²) in [5.41, 5.74) is 0. The van der Waals surface area contributed by atoms with Gasteiger partial charge in [0.25, 0.3) is 0 Å². The number of rotatable bonds is 14. The molecule has 0 amide bonds. The molecule has 5 aliphatic rings. The topological polar surface area (TPSA) is 92.3 Å². The molecule has 10 atom stereocenters. The molecule has 10 nitrogen and oxygen atoms in total. The second-order valence-electron chi connectivity index (χ2n) is 22.5. The molecule has 5 saturated heterocycles. The van der Waals surface area contributed by atoms with Crippen LogP contribution in [0.3, 0.4) is 0 Å². The molecule has 69 heavy (non-hydrogen) atoms. The van der Waals surface area contributed by atoms with E-state index in [1.165, 1.54) is 182 Å². The lowest BCUT2D eigenvalue weighted by molar-refractivity contribution is 0.250. The molecule has 0 radical (unpaired) electrons. The van der Waals surface area contributed by atoms with E-state index < -0.39 is 88.0 Å². The first-order valence-electron chi connectivity index (χ1n) is 29.3. The van der Waals surface area contributed by atoms with Crippen molar-refractivity contribution in [3.63, 3.8) is 0 Å². The van der Waals surface area contributed by atoms with Gasteiger partial charge >= 0.3 is 46.4 Å². The third kappa shape index (κ3) is 34.9. The van der Waals surface area contributed by atoms with E-state index in [4.69, 9.17) is 42.7 Å². The maximum atomic E-state index is 6.24. The normalized spacial score (nSPS) is 35.3. The highest BCUT2D eigenvalue weighted by atomic mass is 28.4. The Bertz CT molecular complexity index is 1070. The minimum absolute atomic E-state index is 0.935. The second-order valence-corrected chi connectivity index (χ2v) is 54.0. The summed E-state index contributed by atoms with van der Waals surface area (Å²) >= 11 is 0. The maximum absolute atomic E-state index is 6.24. The summed E-state index contributed by atoms with van der Waals surface area (Å²) < 4.78 is 59.6. The molecular formula is C49H118O10Si10. The van der Waals surface area contributed by atoms with Gasteiger partial charge in [0.15, 0.2) is 41.6 Å². The molecule has 0 saturated carbocycles. The van der Waals surface area contributed by atoms with E-state index in [-0.39, 0.29) is 0 Å². The quantitative estimate of drug-likeness (QED) is 0.157. The summed E-state index contributed by atoms with van der Waals surface area (Å²) in [6, 6.07) is 13.4. The highest BCUT2D eigenvalue weighted by Gasteiger charge is 2.35. The number of hydrogen-bond donors (Lipinski definition) is 0. The van der Waals surface area contributed by atoms with Crippen LogP contribution in [0, 0.1) is 0 Å². The first kappa shape index (κ1) is 68.8. The van der Waals surface area contributed by atoms with Gasteiger partial charge in [-0.05, 0) is 158 Å². The molecule has 20 heteroatoms. The summed E-state index contributed by atoms with van der Waals surface area (Å²) in [6.07, 6.45) is 24.6. The highest BCUT2D eigenvalue weighted by Crippen LogP contribution is 2.30. The minimum Gasteiger partial charge on any atom is -0.438 e. The van der Waals surface area contributed by atoms with Crippen LogP contribution in [0.4, 0.5) is 0 Å². The van der Waals surface area contributed by atoms with Crippen molar-refractivity contribution >= 4 is 88.0 Å². The predicted octanol–water partition coefficient (Wildman–Crippen LogP) is 14.8. The summed E-state index contributed by atoms with van der Waals surface area (Å²) in [5.74, 6) is 0. The van der Waals surface area contributed by atoms with E-state index >= 15 is 0 Å². The second kappa shape index (κ2) is 40.0. The SMILES string of the molecule is CCCC[Si]1(C)CCCCO[SiH](C)O1.CCCC[Si]1(C)CCCCO[SiH](C)O1.CCCC[Si]1(C)CCCCO[SiH](C)O1.CCCC[Si]1(C)CCCCO[SiH](C)O1.CCC[Si]1(C)CCCCO[SiH](C)O1. The van der Waals surface area contributed by atoms with Crippen LogP contribution in [-0.4, -0.2) is 121 Å². The number of unbranched alkanes of at least 4 members (excludes halogenated alkanes) is 4. The zero-order valence-electron chi connectivity index (χ0n) is 48.5. The molecule has 0 aliphatic carbocycles. The fourth-order valence-electron chi connectivity index (χ4n) is 10.4. The van der Waals surface area contributed by atoms with Crippen molar-refractivity contribution in [2.45, 2.75) is 283 Å². The van der Waals surface area contributed by atoms with Crippen LogP contribution in [0.2, 0.25) is 126 Å². The van der Waals surface area contributed by atoms with Gasteiger partial charge in [0.1, 0.15) is 0 Å². The van der Waals surface area contributed by atoms with Crippen LogP contribution in [0.25, 0.3) is 0 Å². The Hall–Kier alpha value is 1.77. The molecular weight excluding hydrogens is 1030 g/mol. The van der Waals surface area contributed by atoms with Crippen LogP contribution in [0.15, 0.2) is 0 Å². The van der Waals surface area contributed by atoms with Gasteiger partial charge in [0.2, 0.25) is 0 Å². The van der Waals surface area contributed by atoms with E-state index in [0.29, 0.717) is 0 Å². The summed E-state index contributed by atoms with van der Waals surface area (Å²) in [4.78, 5) is 0. The van der Waals surface area contributed by atoms with Gasteiger partial charge in [-0.25, -0.2) is 0 Å². The van der Waals surface area contributed by atoms with E-state index in [1.54, 1.807) is 0 Å². The Kier molecular flexibility index (Phi) is 39.9. The molecule has 0 aromatic carbocycles. The van der Waals surface area contributed by atoms with Gasteiger partial charge in [-0.2, -0.15) is 0 Å². The van der Waals surface area contributed by atoms with Crippen molar-refractivity contribution in [2.24, 2.45) is 0 Å². The van der Waals surface area contributed by atoms with Gasteiger partial charge in [-0.15, -0.1) is 0 Å². The fraction of sp³-hybridized carbons (Fsp3) is 1.00. The van der Waals surface area contributed by atoms with Crippen molar-refractivity contribution in [2.75, 3.05) is 33.0 Å². The zero-order chi connectivity index (χ0) is 51.5. The smallest absolute Gasteiger partial charge is 0.307 e. The van der Waals surface area contributed by atoms with Gasteiger partial charge in [0, 0.05) is 33.0 Å². The average Bonchev–Trinajstić information content (AvgIpc) is 3.26. The lowest BCUT2D eigenvalue weighted by Gasteiger charge is -2.32. The molecule has 0 aromatic heterocycles. The van der Waals surface area contributed by atoms with Crippen LogP contribution in [0.1, 0.15) is 157 Å². The first-order valence-corrected chi connectivity index (χ1v) is 53.9. The molecule has 5 heterocycles. The summed E-state index contributed by atoms with van der Waals surface area (Å²) in [7, 11) is -13.2. The van der Waals surface area contributed by atoms with Gasteiger partial charge in [-0.1, -0.05) is 125 Å². The Morgan fingerprint density at radius 3 is 0.638 bits per heavy atom. The molecule has 5 aliphatic heterocycles. The monoisotopic (exact) mass is 1150 g/mol. The van der Waals surface area contributed by atoms with Gasteiger partial charge in [0.05, 0.1) is 0 Å². The van der Waals surface area contributed by atoms with Crippen molar-refractivity contribution < 1.29 is 42.7 Å². The Balaban J connectivity index is 0.000000431. The van der Waals surface area contributed by atoms with Crippen molar-refractivity contribution in [3.8, 4) is 0 Å². The lowest BCUT2D eigenvalue weighted by atomic mass is 10.4. The third-order valence-corrected chi connectivity index (χ3v) is 50.3. The Morgan fingerprint density at radius 1 is 0.275 bits per heavy atom. The van der Waals surface area contributed by atoms with Crippen LogP contribution < -0.4 is 0 Å². The first-order chi connectivity index (χ1) is 32.8. The molecule has 0 aromatic rings. The van der Waals surface area contributed by atoms with E-state index in [1.807, 2.05) is 0 Å². The Labute approximate surface area is 443 Å². The lowest BCUT2D eigenvalue weighted by Crippen LogP contribution is -2.42. The largest absolute Gasteiger partial charge is 0.438 e. The molecule has 5 rings (SSSR count). The number of hydrogen-bond acceptors (Lipinski definition) is 10. The van der Waals surface area contributed by atoms with Crippen LogP contribution >= 0.6 is 0 Å². The molecule has 10 unspecified atom stereocenters. The van der Waals surface area contributed by atoms with Crippen molar-refractivity contribution in [1.29, 1.82) is 0 Å². The highest BCUT2D eigenvalue weighted by molar-refractivity contribution is 6.80. The zero-order valence-corrected chi connectivity index (χ0v) is 59.3. The standard InChI is InChI=1S/4C10H24O2Si2.C9H22O2Si2/c4*1-4-5-9-14(3)10-7-6-8-11-13(2)12-14;1-4-8-13(3)9-6-5-7-10-12(2)11-13/h4*13H,4-10H2,1-3H3;12H,4-9H2,1-3H3. The third-order valence-electron chi connectivity index (χ3n) is 14.5. The molecule has 414 valence electrons.